The summed E-state index contributed by atoms with van der Waals surface area (Å²) in [6.07, 6.45) is 0. The van der Waals surface area contributed by atoms with Crippen molar-refractivity contribution in [1.29, 1.82) is 0 Å². The first-order valence-corrected chi connectivity index (χ1v) is 7.17. The van der Waals surface area contributed by atoms with E-state index >= 15 is 0 Å². The van der Waals surface area contributed by atoms with Gasteiger partial charge >= 0.3 is 23.9 Å². The van der Waals surface area contributed by atoms with Crippen LogP contribution in [-0.4, -0.2) is 34.1 Å². The van der Waals surface area contributed by atoms with Gasteiger partial charge in [0.1, 0.15) is 0 Å². The lowest BCUT2D eigenvalue weighted by atomic mass is 9.67. The standard InChI is InChI=1S/C16H26O7/c1-13(2,9(17)18)15(5,6)11(21)23-12(22)16(7,8)14(3,4)10(19)20/h1-8H3,(H,17,18)(H,19,20). The monoisotopic (exact) mass is 330 g/mol. The second kappa shape index (κ2) is 5.94. The molecule has 0 fully saturated rings. The maximum atomic E-state index is 12.3. The molecule has 23 heavy (non-hydrogen) atoms. The molecule has 0 bridgehead atoms. The molecule has 132 valence electrons. The van der Waals surface area contributed by atoms with Crippen LogP contribution in [-0.2, 0) is 23.9 Å². The van der Waals surface area contributed by atoms with Crippen LogP contribution >= 0.6 is 0 Å². The second-order valence-corrected chi connectivity index (χ2v) is 7.79. The van der Waals surface area contributed by atoms with E-state index in [-0.39, 0.29) is 0 Å². The van der Waals surface area contributed by atoms with Crippen LogP contribution in [0.5, 0.6) is 0 Å². The van der Waals surface area contributed by atoms with Gasteiger partial charge < -0.3 is 14.9 Å². The van der Waals surface area contributed by atoms with Crippen LogP contribution in [0, 0.1) is 21.7 Å². The summed E-state index contributed by atoms with van der Waals surface area (Å²) in [6, 6.07) is 0. The highest BCUT2D eigenvalue weighted by atomic mass is 16.6. The Balaban J connectivity index is 5.53. The van der Waals surface area contributed by atoms with E-state index in [0.717, 1.165) is 0 Å². The third kappa shape index (κ3) is 3.38. The Morgan fingerprint density at radius 3 is 0.957 bits per heavy atom. The van der Waals surface area contributed by atoms with Gasteiger partial charge in [0, 0.05) is 0 Å². The molecule has 0 saturated heterocycles. The fraction of sp³-hybridized carbons (Fsp3) is 0.750. The lowest BCUT2D eigenvalue weighted by Gasteiger charge is -2.38. The molecule has 0 rings (SSSR count). The molecular weight excluding hydrogens is 304 g/mol. The Kier molecular flexibility index (Phi) is 5.44. The SMILES string of the molecule is CC(C)(C(=O)O)C(C)(C)C(=O)OC(=O)C(C)(C)C(C)(C)C(=O)O. The van der Waals surface area contributed by atoms with Crippen molar-refractivity contribution in [2.45, 2.75) is 55.4 Å². The number of rotatable bonds is 6. The van der Waals surface area contributed by atoms with Crippen molar-refractivity contribution in [3.05, 3.63) is 0 Å². The van der Waals surface area contributed by atoms with Gasteiger partial charge in [-0.15, -0.1) is 0 Å². The van der Waals surface area contributed by atoms with Crippen LogP contribution in [0.15, 0.2) is 0 Å². The first-order valence-electron chi connectivity index (χ1n) is 7.17. The third-order valence-corrected chi connectivity index (χ3v) is 5.40. The predicted molar refractivity (Wildman–Crippen MR) is 81.5 cm³/mol. The molecule has 0 radical (unpaired) electrons. The van der Waals surface area contributed by atoms with Crippen LogP contribution < -0.4 is 0 Å². The molecule has 7 nitrogen and oxygen atoms in total. The topological polar surface area (TPSA) is 118 Å². The third-order valence-electron chi connectivity index (χ3n) is 5.40. The zero-order valence-electron chi connectivity index (χ0n) is 14.9. The molecule has 0 aliphatic heterocycles. The van der Waals surface area contributed by atoms with Gasteiger partial charge in [0.25, 0.3) is 0 Å². The molecule has 0 aromatic rings. The van der Waals surface area contributed by atoms with E-state index in [2.05, 4.69) is 0 Å². The normalized spacial score (nSPS) is 13.4. The summed E-state index contributed by atoms with van der Waals surface area (Å²) in [5.74, 6) is -4.44. The van der Waals surface area contributed by atoms with Crippen molar-refractivity contribution in [2.24, 2.45) is 21.7 Å². The van der Waals surface area contributed by atoms with Crippen LogP contribution in [0.2, 0.25) is 0 Å². The fourth-order valence-corrected chi connectivity index (χ4v) is 1.38. The summed E-state index contributed by atoms with van der Waals surface area (Å²) in [4.78, 5) is 47.3. The van der Waals surface area contributed by atoms with Gasteiger partial charge in [-0.25, -0.2) is 0 Å². The number of carbonyl (C=O) groups is 4. The van der Waals surface area contributed by atoms with Crippen LogP contribution in [0.3, 0.4) is 0 Å². The minimum absolute atomic E-state index is 1.01. The molecule has 0 aliphatic rings. The predicted octanol–water partition coefficient (Wildman–Crippen LogP) is 2.33. The second-order valence-electron chi connectivity index (χ2n) is 7.79. The van der Waals surface area contributed by atoms with Gasteiger partial charge in [-0.3, -0.25) is 19.2 Å². The number of carboxylic acids is 2. The largest absolute Gasteiger partial charge is 0.481 e. The summed E-state index contributed by atoms with van der Waals surface area (Å²) in [7, 11) is 0. The van der Waals surface area contributed by atoms with E-state index in [4.69, 9.17) is 4.74 Å². The molecule has 7 heteroatoms. The zero-order chi connectivity index (χ0) is 19.0. The first kappa shape index (κ1) is 21.1. The van der Waals surface area contributed by atoms with Gasteiger partial charge in [0.05, 0.1) is 21.7 Å². The summed E-state index contributed by atoms with van der Waals surface area (Å²) in [5.41, 5.74) is -5.93. The van der Waals surface area contributed by atoms with E-state index < -0.39 is 45.5 Å². The van der Waals surface area contributed by atoms with Crippen molar-refractivity contribution >= 4 is 23.9 Å². The van der Waals surface area contributed by atoms with E-state index in [1.54, 1.807) is 0 Å². The van der Waals surface area contributed by atoms with Gasteiger partial charge in [-0.05, 0) is 55.4 Å². The molecule has 2 N–H and O–H groups in total. The molecule has 0 spiro atoms. The van der Waals surface area contributed by atoms with E-state index in [1.807, 2.05) is 0 Å². The minimum atomic E-state index is -1.49. The highest BCUT2D eigenvalue weighted by molar-refractivity contribution is 5.96. The van der Waals surface area contributed by atoms with Gasteiger partial charge in [-0.2, -0.15) is 0 Å². The lowest BCUT2D eigenvalue weighted by molar-refractivity contribution is -0.187. The molecule has 0 aromatic heterocycles. The van der Waals surface area contributed by atoms with E-state index in [1.165, 1.54) is 55.4 Å². The van der Waals surface area contributed by atoms with Gasteiger partial charge in [0.15, 0.2) is 0 Å². The quantitative estimate of drug-likeness (QED) is 0.566. The summed E-state index contributed by atoms with van der Waals surface area (Å²) < 4.78 is 4.85. The average Bonchev–Trinajstić information content (AvgIpc) is 2.37. The number of aliphatic carboxylic acids is 2. The first-order chi connectivity index (χ1) is 9.94. The molecule has 0 aliphatic carbocycles. The van der Waals surface area contributed by atoms with E-state index in [9.17, 15) is 29.4 Å². The minimum Gasteiger partial charge on any atom is -0.481 e. The Hall–Kier alpha value is -1.92. The molecule has 0 saturated carbocycles. The molecular formula is C16H26O7. The zero-order valence-corrected chi connectivity index (χ0v) is 14.9. The number of esters is 2. The van der Waals surface area contributed by atoms with Crippen molar-refractivity contribution < 1.29 is 34.1 Å². The van der Waals surface area contributed by atoms with Crippen LogP contribution in [0.4, 0.5) is 0 Å². The molecule has 0 amide bonds. The number of carboxylic acid groups (broad SMARTS) is 2. The smallest absolute Gasteiger partial charge is 0.320 e. The number of ether oxygens (including phenoxy) is 1. The Labute approximate surface area is 136 Å². The van der Waals surface area contributed by atoms with Crippen LogP contribution in [0.1, 0.15) is 55.4 Å². The Bertz CT molecular complexity index is 491. The fourth-order valence-electron chi connectivity index (χ4n) is 1.38. The number of hydrogen-bond acceptors (Lipinski definition) is 5. The summed E-state index contributed by atoms with van der Waals surface area (Å²) in [5, 5.41) is 18.5. The average molecular weight is 330 g/mol. The molecule has 0 aromatic carbocycles. The number of carbonyl (C=O) groups excluding carboxylic acids is 2. The van der Waals surface area contributed by atoms with Crippen LogP contribution in [0.25, 0.3) is 0 Å². The maximum absolute atomic E-state index is 12.3. The summed E-state index contributed by atoms with van der Waals surface area (Å²) in [6.45, 7) is 10.9. The van der Waals surface area contributed by atoms with Crippen molar-refractivity contribution in [3.63, 3.8) is 0 Å². The number of hydrogen-bond donors (Lipinski definition) is 2. The van der Waals surface area contributed by atoms with Gasteiger partial charge in [0.2, 0.25) is 0 Å². The lowest BCUT2D eigenvalue weighted by Crippen LogP contribution is -2.50. The highest BCUT2D eigenvalue weighted by Gasteiger charge is 2.54. The van der Waals surface area contributed by atoms with E-state index in [0.29, 0.717) is 0 Å². The van der Waals surface area contributed by atoms with Crippen molar-refractivity contribution in [1.82, 2.24) is 0 Å². The Morgan fingerprint density at radius 1 is 0.565 bits per heavy atom. The Morgan fingerprint density at radius 2 is 0.783 bits per heavy atom. The molecule has 0 heterocycles. The maximum Gasteiger partial charge on any atom is 0.320 e. The molecule has 0 unspecified atom stereocenters. The highest BCUT2D eigenvalue weighted by Crippen LogP contribution is 2.43. The molecule has 0 atom stereocenters. The summed E-state index contributed by atoms with van der Waals surface area (Å²) >= 11 is 0. The van der Waals surface area contributed by atoms with Gasteiger partial charge in [-0.1, -0.05) is 0 Å². The van der Waals surface area contributed by atoms with Crippen molar-refractivity contribution in [2.75, 3.05) is 0 Å². The van der Waals surface area contributed by atoms with Crippen molar-refractivity contribution in [3.8, 4) is 0 Å².